The monoisotopic (exact) mass is 362 g/mol. The Labute approximate surface area is 157 Å². The number of carbonyl (C=O) groups excluding carboxylic acids is 1. The van der Waals surface area contributed by atoms with Gasteiger partial charge in [-0.05, 0) is 37.4 Å². The Bertz CT molecular complexity index is 539. The molecular formula is C20H34N4O2. The number of rotatable bonds is 9. The van der Waals surface area contributed by atoms with Gasteiger partial charge < -0.3 is 19.9 Å². The van der Waals surface area contributed by atoms with E-state index in [-0.39, 0.29) is 5.91 Å². The third-order valence-electron chi connectivity index (χ3n) is 4.85. The van der Waals surface area contributed by atoms with Crippen molar-refractivity contribution in [3.05, 3.63) is 23.9 Å². The van der Waals surface area contributed by atoms with Gasteiger partial charge in [0.05, 0.1) is 0 Å². The van der Waals surface area contributed by atoms with Crippen LogP contribution in [-0.2, 0) is 16.1 Å². The molecule has 1 aliphatic heterocycles. The van der Waals surface area contributed by atoms with Gasteiger partial charge in [-0.1, -0.05) is 26.8 Å². The fourth-order valence-corrected chi connectivity index (χ4v) is 2.89. The molecule has 1 aliphatic rings. The predicted octanol–water partition coefficient (Wildman–Crippen LogP) is 2.29. The second-order valence-electron chi connectivity index (χ2n) is 7.36. The van der Waals surface area contributed by atoms with E-state index >= 15 is 0 Å². The molecule has 1 aromatic rings. The second-order valence-corrected chi connectivity index (χ2v) is 7.36. The third-order valence-corrected chi connectivity index (χ3v) is 4.85. The van der Waals surface area contributed by atoms with E-state index in [9.17, 15) is 4.79 Å². The molecule has 0 bridgehead atoms. The van der Waals surface area contributed by atoms with E-state index in [1.54, 1.807) is 6.92 Å². The number of amides is 1. The maximum atomic E-state index is 12.1. The van der Waals surface area contributed by atoms with Crippen molar-refractivity contribution in [1.29, 1.82) is 0 Å². The first-order valence-corrected chi connectivity index (χ1v) is 9.81. The van der Waals surface area contributed by atoms with Crippen molar-refractivity contribution in [1.82, 2.24) is 15.2 Å². The summed E-state index contributed by atoms with van der Waals surface area (Å²) in [6.45, 7) is 14.7. The van der Waals surface area contributed by atoms with E-state index in [1.807, 2.05) is 18.3 Å². The first-order chi connectivity index (χ1) is 12.5. The van der Waals surface area contributed by atoms with Gasteiger partial charge in [0.1, 0.15) is 11.9 Å². The van der Waals surface area contributed by atoms with E-state index in [2.05, 4.69) is 40.9 Å². The number of hydrogen-bond acceptors (Lipinski definition) is 5. The van der Waals surface area contributed by atoms with E-state index < -0.39 is 6.10 Å². The maximum absolute atomic E-state index is 12.1. The molecule has 2 heterocycles. The van der Waals surface area contributed by atoms with Crippen LogP contribution in [0.4, 0.5) is 5.82 Å². The number of hydrogen-bond donors (Lipinski definition) is 1. The zero-order valence-corrected chi connectivity index (χ0v) is 16.7. The number of ether oxygens (including phenoxy) is 1. The minimum atomic E-state index is -0.421. The first-order valence-electron chi connectivity index (χ1n) is 9.81. The number of aromatic nitrogens is 1. The fourth-order valence-electron chi connectivity index (χ4n) is 2.89. The number of pyridine rings is 1. The Balaban J connectivity index is 1.74. The molecule has 0 aromatic carbocycles. The van der Waals surface area contributed by atoms with E-state index in [0.29, 0.717) is 19.1 Å². The van der Waals surface area contributed by atoms with Crippen LogP contribution in [0.3, 0.4) is 0 Å². The summed E-state index contributed by atoms with van der Waals surface area (Å²) in [7, 11) is 0. The average Bonchev–Trinajstić information content (AvgIpc) is 2.66. The van der Waals surface area contributed by atoms with Crippen LogP contribution >= 0.6 is 0 Å². The first kappa shape index (κ1) is 20.6. The number of nitrogens with zero attached hydrogens (tertiary/aromatic N) is 3. The number of carbonyl (C=O) groups is 1. The van der Waals surface area contributed by atoms with Crippen molar-refractivity contribution in [2.75, 3.05) is 44.2 Å². The van der Waals surface area contributed by atoms with Crippen molar-refractivity contribution in [3.63, 3.8) is 0 Å². The molecule has 1 saturated heterocycles. The van der Waals surface area contributed by atoms with Gasteiger partial charge in [0.15, 0.2) is 0 Å². The summed E-state index contributed by atoms with van der Waals surface area (Å²) in [5.74, 6) is 1.52. The van der Waals surface area contributed by atoms with Gasteiger partial charge in [-0.2, -0.15) is 0 Å². The molecule has 26 heavy (non-hydrogen) atoms. The summed E-state index contributed by atoms with van der Waals surface area (Å²) in [4.78, 5) is 21.4. The highest BCUT2D eigenvalue weighted by Gasteiger charge is 2.17. The molecule has 1 fully saturated rings. The Hall–Kier alpha value is -1.66. The molecule has 0 aliphatic carbocycles. The molecule has 1 unspecified atom stereocenters. The van der Waals surface area contributed by atoms with E-state index in [4.69, 9.17) is 4.74 Å². The van der Waals surface area contributed by atoms with Crippen LogP contribution in [0.25, 0.3) is 0 Å². The molecule has 1 atom stereocenters. The average molecular weight is 363 g/mol. The number of nitrogens with one attached hydrogen (secondary N) is 1. The maximum Gasteiger partial charge on any atom is 0.249 e. The third kappa shape index (κ3) is 6.57. The van der Waals surface area contributed by atoms with Gasteiger partial charge >= 0.3 is 0 Å². The highest BCUT2D eigenvalue weighted by Crippen LogP contribution is 2.14. The van der Waals surface area contributed by atoms with Crippen molar-refractivity contribution in [2.24, 2.45) is 5.92 Å². The van der Waals surface area contributed by atoms with Crippen LogP contribution < -0.4 is 10.2 Å². The summed E-state index contributed by atoms with van der Waals surface area (Å²) in [6.07, 6.45) is 2.40. The molecule has 0 spiro atoms. The van der Waals surface area contributed by atoms with Crippen LogP contribution in [0, 0.1) is 5.92 Å². The fraction of sp³-hybridized carbons (Fsp3) is 0.700. The Morgan fingerprint density at radius 1 is 1.23 bits per heavy atom. The van der Waals surface area contributed by atoms with Gasteiger partial charge in [0.2, 0.25) is 5.91 Å². The van der Waals surface area contributed by atoms with Crippen molar-refractivity contribution >= 4 is 11.7 Å². The minimum absolute atomic E-state index is 0.0754. The van der Waals surface area contributed by atoms with Gasteiger partial charge in [0, 0.05) is 45.5 Å². The number of anilines is 1. The summed E-state index contributed by atoms with van der Waals surface area (Å²) in [5.41, 5.74) is 1.00. The van der Waals surface area contributed by atoms with Crippen molar-refractivity contribution in [2.45, 2.75) is 46.8 Å². The molecular weight excluding hydrogens is 328 g/mol. The van der Waals surface area contributed by atoms with Crippen LogP contribution in [0.15, 0.2) is 18.3 Å². The molecule has 1 aromatic heterocycles. The summed E-state index contributed by atoms with van der Waals surface area (Å²) < 4.78 is 5.58. The highest BCUT2D eigenvalue weighted by molar-refractivity contribution is 5.80. The van der Waals surface area contributed by atoms with Crippen LogP contribution in [-0.4, -0.2) is 61.2 Å². The molecule has 6 nitrogen and oxygen atoms in total. The van der Waals surface area contributed by atoms with Crippen LogP contribution in [0.5, 0.6) is 0 Å². The van der Waals surface area contributed by atoms with Gasteiger partial charge in [-0.25, -0.2) is 4.98 Å². The molecule has 6 heteroatoms. The second kappa shape index (κ2) is 10.5. The lowest BCUT2D eigenvalue weighted by Gasteiger charge is -2.34. The number of likely N-dealkylation sites (N-methyl/N-ethyl adjacent to an activating group) is 1. The van der Waals surface area contributed by atoms with Gasteiger partial charge in [-0.15, -0.1) is 0 Å². The standard InChI is InChI=1S/C20H34N4O2/c1-5-23-9-11-24(12-10-23)19-7-6-18(14-21-19)15-22-20(25)17(4)26-13-8-16(2)3/h6-7,14,16-17H,5,8-13,15H2,1-4H3,(H,22,25). The summed E-state index contributed by atoms with van der Waals surface area (Å²) in [5, 5.41) is 2.93. The topological polar surface area (TPSA) is 57.7 Å². The SMILES string of the molecule is CCN1CCN(c2ccc(CNC(=O)C(C)OCCC(C)C)cn2)CC1. The lowest BCUT2D eigenvalue weighted by Crippen LogP contribution is -2.46. The normalized spacial score (nSPS) is 16.7. The van der Waals surface area contributed by atoms with Crippen LogP contribution in [0.2, 0.25) is 0 Å². The quantitative estimate of drug-likeness (QED) is 0.730. The minimum Gasteiger partial charge on any atom is -0.369 e. The lowest BCUT2D eigenvalue weighted by atomic mass is 10.1. The molecule has 0 radical (unpaired) electrons. The molecule has 1 amide bonds. The highest BCUT2D eigenvalue weighted by atomic mass is 16.5. The zero-order valence-electron chi connectivity index (χ0n) is 16.7. The molecule has 146 valence electrons. The smallest absolute Gasteiger partial charge is 0.249 e. The summed E-state index contributed by atoms with van der Waals surface area (Å²) >= 11 is 0. The Morgan fingerprint density at radius 2 is 1.96 bits per heavy atom. The molecule has 0 saturated carbocycles. The predicted molar refractivity (Wildman–Crippen MR) is 105 cm³/mol. The molecule has 1 N–H and O–H groups in total. The lowest BCUT2D eigenvalue weighted by molar-refractivity contribution is -0.132. The van der Waals surface area contributed by atoms with E-state index in [0.717, 1.165) is 50.5 Å². The Kier molecular flexibility index (Phi) is 8.32. The Morgan fingerprint density at radius 3 is 2.54 bits per heavy atom. The summed E-state index contributed by atoms with van der Waals surface area (Å²) in [6, 6.07) is 4.09. The number of piperazine rings is 1. The van der Waals surface area contributed by atoms with Crippen molar-refractivity contribution < 1.29 is 9.53 Å². The van der Waals surface area contributed by atoms with Gasteiger partial charge in [-0.3, -0.25) is 4.79 Å². The zero-order chi connectivity index (χ0) is 18.9. The largest absolute Gasteiger partial charge is 0.369 e. The van der Waals surface area contributed by atoms with Crippen LogP contribution in [0.1, 0.15) is 39.7 Å². The molecule has 2 rings (SSSR count). The van der Waals surface area contributed by atoms with E-state index in [1.165, 1.54) is 0 Å². The van der Waals surface area contributed by atoms with Crippen molar-refractivity contribution in [3.8, 4) is 0 Å². The van der Waals surface area contributed by atoms with Gasteiger partial charge in [0.25, 0.3) is 0 Å².